The molecule has 0 bridgehead atoms. The van der Waals surface area contributed by atoms with E-state index >= 15 is 0 Å². The van der Waals surface area contributed by atoms with Gasteiger partial charge in [-0.25, -0.2) is 4.98 Å². The number of piperidine rings is 2. The van der Waals surface area contributed by atoms with Crippen molar-refractivity contribution in [2.45, 2.75) is 65.7 Å². The average Bonchev–Trinajstić information content (AvgIpc) is 3.03. The van der Waals surface area contributed by atoms with Gasteiger partial charge in [0.05, 0.1) is 10.7 Å². The molecule has 1 aromatic rings. The first-order valence-electron chi connectivity index (χ1n) is 10.2. The topological polar surface area (TPSA) is 53.5 Å². The van der Waals surface area contributed by atoms with Crippen LogP contribution in [0.1, 0.15) is 73.8 Å². The van der Waals surface area contributed by atoms with Crippen molar-refractivity contribution in [3.63, 3.8) is 0 Å². The highest BCUT2D eigenvalue weighted by Crippen LogP contribution is 2.31. The van der Waals surface area contributed by atoms with Gasteiger partial charge in [0.1, 0.15) is 4.88 Å². The van der Waals surface area contributed by atoms with Gasteiger partial charge in [-0.1, -0.05) is 27.7 Å². The van der Waals surface area contributed by atoms with E-state index < -0.39 is 0 Å². The van der Waals surface area contributed by atoms with Crippen molar-refractivity contribution >= 4 is 23.2 Å². The predicted molar refractivity (Wildman–Crippen MR) is 109 cm³/mol. The quantitative estimate of drug-likeness (QED) is 0.769. The first kappa shape index (κ1) is 20.3. The Labute approximate surface area is 167 Å². The molecule has 1 unspecified atom stereocenters. The lowest BCUT2D eigenvalue weighted by molar-refractivity contribution is -0.138. The minimum atomic E-state index is -0.0427. The van der Waals surface area contributed by atoms with E-state index in [-0.39, 0.29) is 17.2 Å². The van der Waals surface area contributed by atoms with Crippen molar-refractivity contribution in [3.05, 3.63) is 15.6 Å². The fraction of sp³-hybridized carbons (Fsp3) is 0.762. The summed E-state index contributed by atoms with van der Waals surface area (Å²) < 4.78 is 0. The predicted octanol–water partition coefficient (Wildman–Crippen LogP) is 3.86. The second-order valence-corrected chi connectivity index (χ2v) is 10.3. The van der Waals surface area contributed by atoms with Crippen LogP contribution in [0.15, 0.2) is 0 Å². The lowest BCUT2D eigenvalue weighted by Crippen LogP contribution is -2.46. The van der Waals surface area contributed by atoms with Gasteiger partial charge in [-0.2, -0.15) is 0 Å². The number of carbonyl (C=O) groups excluding carboxylic acids is 2. The summed E-state index contributed by atoms with van der Waals surface area (Å²) in [5.41, 5.74) is 0.786. The van der Waals surface area contributed by atoms with Crippen molar-refractivity contribution < 1.29 is 9.59 Å². The van der Waals surface area contributed by atoms with Crippen LogP contribution >= 0.6 is 11.3 Å². The van der Waals surface area contributed by atoms with Gasteiger partial charge < -0.3 is 9.80 Å². The monoisotopic (exact) mass is 391 g/mol. The van der Waals surface area contributed by atoms with Crippen molar-refractivity contribution in [1.82, 2.24) is 14.8 Å². The van der Waals surface area contributed by atoms with E-state index in [1.807, 2.05) is 11.8 Å². The largest absolute Gasteiger partial charge is 0.342 e. The Bertz CT molecular complexity index is 699. The number of hydrogen-bond donors (Lipinski definition) is 0. The first-order chi connectivity index (χ1) is 12.7. The molecule has 150 valence electrons. The van der Waals surface area contributed by atoms with Crippen LogP contribution in [0.3, 0.4) is 0 Å². The number of aryl methyl sites for hydroxylation is 1. The van der Waals surface area contributed by atoms with Gasteiger partial charge in [0.2, 0.25) is 5.91 Å². The number of nitrogens with zero attached hydrogens (tertiary/aromatic N) is 3. The molecule has 3 heterocycles. The lowest BCUT2D eigenvalue weighted by atomic mass is 9.92. The highest BCUT2D eigenvalue weighted by molar-refractivity contribution is 7.14. The molecule has 0 radical (unpaired) electrons. The minimum absolute atomic E-state index is 0.0427. The lowest BCUT2D eigenvalue weighted by Gasteiger charge is -2.37. The highest BCUT2D eigenvalue weighted by Gasteiger charge is 2.33. The first-order valence-corrected chi connectivity index (χ1v) is 11.0. The summed E-state index contributed by atoms with van der Waals surface area (Å²) in [6.07, 6.45) is 3.89. The number of amides is 2. The number of likely N-dealkylation sites (tertiary alicyclic amines) is 2. The van der Waals surface area contributed by atoms with Crippen LogP contribution in [-0.2, 0) is 10.2 Å². The highest BCUT2D eigenvalue weighted by atomic mass is 32.1. The molecule has 5 nitrogen and oxygen atoms in total. The van der Waals surface area contributed by atoms with Gasteiger partial charge in [0, 0.05) is 37.5 Å². The zero-order chi connectivity index (χ0) is 19.8. The van der Waals surface area contributed by atoms with Crippen LogP contribution in [0.25, 0.3) is 0 Å². The zero-order valence-electron chi connectivity index (χ0n) is 17.4. The molecule has 0 spiro atoms. The molecule has 1 aromatic heterocycles. The Morgan fingerprint density at radius 2 is 1.74 bits per heavy atom. The standard InChI is InChI=1S/C21H33N3O2S/c1-14-7-6-10-24(13-14)18(25)16-8-11-23(12-9-16)19(26)17-15(2)22-20(27-17)21(3,4)5/h14,16H,6-13H2,1-5H3. The Balaban J connectivity index is 1.60. The molecule has 3 rings (SSSR count). The van der Waals surface area contributed by atoms with E-state index in [9.17, 15) is 9.59 Å². The van der Waals surface area contributed by atoms with Gasteiger partial charge in [0.25, 0.3) is 5.91 Å². The summed E-state index contributed by atoms with van der Waals surface area (Å²) in [5, 5.41) is 1.01. The maximum atomic E-state index is 13.0. The van der Waals surface area contributed by atoms with Crippen molar-refractivity contribution in [1.29, 1.82) is 0 Å². The summed E-state index contributed by atoms with van der Waals surface area (Å²) in [5.74, 6) is 1.07. The number of carbonyl (C=O) groups is 2. The van der Waals surface area contributed by atoms with E-state index in [0.29, 0.717) is 24.9 Å². The third-order valence-electron chi connectivity index (χ3n) is 5.73. The van der Waals surface area contributed by atoms with Crippen LogP contribution in [0, 0.1) is 18.8 Å². The number of hydrogen-bond acceptors (Lipinski definition) is 4. The molecular weight excluding hydrogens is 358 g/mol. The minimum Gasteiger partial charge on any atom is -0.342 e. The van der Waals surface area contributed by atoms with E-state index in [0.717, 1.165) is 47.9 Å². The maximum Gasteiger partial charge on any atom is 0.265 e. The molecule has 2 saturated heterocycles. The van der Waals surface area contributed by atoms with Crippen LogP contribution in [-0.4, -0.2) is 52.8 Å². The molecule has 2 aliphatic rings. The molecule has 0 N–H and O–H groups in total. The van der Waals surface area contributed by atoms with E-state index in [4.69, 9.17) is 0 Å². The Morgan fingerprint density at radius 3 is 2.30 bits per heavy atom. The summed E-state index contributed by atoms with van der Waals surface area (Å²) in [4.78, 5) is 35.2. The second kappa shape index (κ2) is 7.90. The van der Waals surface area contributed by atoms with Crippen molar-refractivity contribution in [3.8, 4) is 0 Å². The average molecular weight is 392 g/mol. The fourth-order valence-corrected chi connectivity index (χ4v) is 5.13. The number of rotatable bonds is 2. The van der Waals surface area contributed by atoms with Crippen LogP contribution < -0.4 is 0 Å². The molecule has 1 atom stereocenters. The Morgan fingerprint density at radius 1 is 1.07 bits per heavy atom. The van der Waals surface area contributed by atoms with Crippen LogP contribution in [0.2, 0.25) is 0 Å². The fourth-order valence-electron chi connectivity index (χ4n) is 4.04. The van der Waals surface area contributed by atoms with Gasteiger partial charge >= 0.3 is 0 Å². The van der Waals surface area contributed by atoms with Gasteiger partial charge in [0.15, 0.2) is 0 Å². The van der Waals surface area contributed by atoms with Crippen LogP contribution in [0.4, 0.5) is 0 Å². The van der Waals surface area contributed by atoms with E-state index in [2.05, 4.69) is 37.6 Å². The number of aromatic nitrogens is 1. The van der Waals surface area contributed by atoms with Gasteiger partial charge in [-0.15, -0.1) is 11.3 Å². The van der Waals surface area contributed by atoms with Crippen molar-refractivity contribution in [2.24, 2.45) is 11.8 Å². The molecule has 0 aromatic carbocycles. The van der Waals surface area contributed by atoms with E-state index in [1.165, 1.54) is 17.8 Å². The molecule has 2 fully saturated rings. The summed E-state index contributed by atoms with van der Waals surface area (Å²) >= 11 is 1.52. The molecular formula is C21H33N3O2S. The smallest absolute Gasteiger partial charge is 0.265 e. The molecule has 2 amide bonds. The molecule has 0 saturated carbocycles. The van der Waals surface area contributed by atoms with Gasteiger partial charge in [-0.05, 0) is 38.5 Å². The summed E-state index contributed by atoms with van der Waals surface area (Å²) in [6.45, 7) is 13.7. The maximum absolute atomic E-state index is 13.0. The van der Waals surface area contributed by atoms with Gasteiger partial charge in [-0.3, -0.25) is 9.59 Å². The molecule has 2 aliphatic heterocycles. The molecule has 27 heavy (non-hydrogen) atoms. The van der Waals surface area contributed by atoms with Crippen LogP contribution in [0.5, 0.6) is 0 Å². The second-order valence-electron chi connectivity index (χ2n) is 9.28. The zero-order valence-corrected chi connectivity index (χ0v) is 18.2. The Hall–Kier alpha value is -1.43. The third-order valence-corrected chi connectivity index (χ3v) is 7.30. The molecule has 6 heteroatoms. The third kappa shape index (κ3) is 4.53. The summed E-state index contributed by atoms with van der Waals surface area (Å²) in [7, 11) is 0. The molecule has 0 aliphatic carbocycles. The number of thiazole rings is 1. The Kier molecular flexibility index (Phi) is 5.94. The summed E-state index contributed by atoms with van der Waals surface area (Å²) in [6, 6.07) is 0. The SMILES string of the molecule is Cc1nc(C(C)(C)C)sc1C(=O)N1CCC(C(=O)N2CCCC(C)C2)CC1. The van der Waals surface area contributed by atoms with E-state index in [1.54, 1.807) is 0 Å². The normalized spacial score (nSPS) is 22.2. The van der Waals surface area contributed by atoms with Crippen molar-refractivity contribution in [2.75, 3.05) is 26.2 Å².